The van der Waals surface area contributed by atoms with Gasteiger partial charge in [0, 0.05) is 32.2 Å². The Bertz CT molecular complexity index is 490. The molecule has 4 heteroatoms. The summed E-state index contributed by atoms with van der Waals surface area (Å²) in [5.74, 6) is 0.759. The molecule has 1 N–H and O–H groups in total. The first-order valence-corrected chi connectivity index (χ1v) is 8.68. The van der Waals surface area contributed by atoms with Crippen molar-refractivity contribution in [2.45, 2.75) is 38.6 Å². The fourth-order valence-corrected chi connectivity index (χ4v) is 3.20. The van der Waals surface area contributed by atoms with Gasteiger partial charge in [0.25, 0.3) is 0 Å². The van der Waals surface area contributed by atoms with Crippen LogP contribution in [0.4, 0.5) is 5.69 Å². The predicted molar refractivity (Wildman–Crippen MR) is 96.9 cm³/mol. The molecule has 1 saturated heterocycles. The second-order valence-corrected chi connectivity index (χ2v) is 7.18. The largest absolute Gasteiger partial charge is 0.378 e. The maximum atomic E-state index is 12.2. The van der Waals surface area contributed by atoms with Crippen LogP contribution in [0.25, 0.3) is 0 Å². The van der Waals surface area contributed by atoms with E-state index in [0.717, 1.165) is 32.4 Å². The number of piperidine rings is 1. The molecular weight excluding hydrogens is 286 g/mol. The summed E-state index contributed by atoms with van der Waals surface area (Å²) < 4.78 is 0. The highest BCUT2D eigenvalue weighted by Crippen LogP contribution is 2.19. The van der Waals surface area contributed by atoms with E-state index in [2.05, 4.69) is 53.4 Å². The number of carbonyl (C=O) groups excluding carboxylic acids is 1. The number of hydrogen-bond acceptors (Lipinski definition) is 3. The van der Waals surface area contributed by atoms with Crippen molar-refractivity contribution in [3.05, 3.63) is 29.8 Å². The summed E-state index contributed by atoms with van der Waals surface area (Å²) in [5, 5.41) is 3.16. The first-order valence-electron chi connectivity index (χ1n) is 8.68. The summed E-state index contributed by atoms with van der Waals surface area (Å²) in [7, 11) is 6.24. The summed E-state index contributed by atoms with van der Waals surface area (Å²) in [5.41, 5.74) is 2.47. The van der Waals surface area contributed by atoms with E-state index in [-0.39, 0.29) is 11.9 Å². The Morgan fingerprint density at radius 2 is 1.87 bits per heavy atom. The number of hydrogen-bond donors (Lipinski definition) is 1. The van der Waals surface area contributed by atoms with Crippen LogP contribution in [0, 0.1) is 5.92 Å². The fraction of sp³-hybridized carbons (Fsp3) is 0.632. The number of benzene rings is 1. The molecule has 1 aliphatic rings. The van der Waals surface area contributed by atoms with E-state index in [1.807, 2.05) is 14.1 Å². The Balaban J connectivity index is 1.75. The van der Waals surface area contributed by atoms with Crippen LogP contribution in [-0.2, 0) is 11.2 Å². The summed E-state index contributed by atoms with van der Waals surface area (Å²) in [6.45, 7) is 4.32. The van der Waals surface area contributed by atoms with Crippen LogP contribution in [0.5, 0.6) is 0 Å². The number of anilines is 1. The second-order valence-electron chi connectivity index (χ2n) is 7.18. The molecule has 0 aliphatic carbocycles. The van der Waals surface area contributed by atoms with Crippen molar-refractivity contribution >= 4 is 11.6 Å². The van der Waals surface area contributed by atoms with E-state index in [0.29, 0.717) is 12.3 Å². The van der Waals surface area contributed by atoms with Crippen molar-refractivity contribution < 1.29 is 4.79 Å². The first kappa shape index (κ1) is 17.8. The molecule has 0 unspecified atom stereocenters. The van der Waals surface area contributed by atoms with E-state index in [9.17, 15) is 4.79 Å². The van der Waals surface area contributed by atoms with Crippen LogP contribution in [0.3, 0.4) is 0 Å². The van der Waals surface area contributed by atoms with Gasteiger partial charge >= 0.3 is 0 Å². The highest BCUT2D eigenvalue weighted by Gasteiger charge is 2.20. The molecule has 2 rings (SSSR count). The van der Waals surface area contributed by atoms with Crippen molar-refractivity contribution in [3.8, 4) is 0 Å². The van der Waals surface area contributed by atoms with Gasteiger partial charge in [0.05, 0.1) is 0 Å². The third-order valence-corrected chi connectivity index (χ3v) is 4.71. The molecule has 0 aromatic heterocycles. The van der Waals surface area contributed by atoms with Crippen LogP contribution in [-0.4, -0.2) is 51.1 Å². The minimum absolute atomic E-state index is 0.180. The average Bonchev–Trinajstić information content (AvgIpc) is 2.50. The van der Waals surface area contributed by atoms with Crippen molar-refractivity contribution in [2.75, 3.05) is 39.1 Å². The summed E-state index contributed by atoms with van der Waals surface area (Å²) in [6, 6.07) is 8.73. The molecule has 4 nitrogen and oxygen atoms in total. The number of amides is 1. The van der Waals surface area contributed by atoms with E-state index in [1.54, 1.807) is 0 Å². The molecular formula is C19H31N3O. The minimum atomic E-state index is 0.180. The first-order chi connectivity index (χ1) is 10.9. The molecule has 0 bridgehead atoms. The minimum Gasteiger partial charge on any atom is -0.378 e. The van der Waals surface area contributed by atoms with Gasteiger partial charge in [-0.2, -0.15) is 0 Å². The zero-order valence-corrected chi connectivity index (χ0v) is 15.0. The van der Waals surface area contributed by atoms with Gasteiger partial charge in [-0.3, -0.25) is 4.79 Å². The maximum absolute atomic E-state index is 12.2. The Kier molecular flexibility index (Phi) is 6.46. The van der Waals surface area contributed by atoms with E-state index >= 15 is 0 Å². The summed E-state index contributed by atoms with van der Waals surface area (Å²) in [4.78, 5) is 16.6. The number of nitrogens with one attached hydrogen (secondary N) is 1. The lowest BCUT2D eigenvalue weighted by Gasteiger charge is -2.28. The third kappa shape index (κ3) is 5.87. The summed E-state index contributed by atoms with van der Waals surface area (Å²) in [6.07, 6.45) is 3.85. The zero-order valence-electron chi connectivity index (χ0n) is 15.0. The number of likely N-dealkylation sites (tertiary alicyclic amines) is 1. The summed E-state index contributed by atoms with van der Waals surface area (Å²) >= 11 is 0. The molecule has 1 heterocycles. The monoisotopic (exact) mass is 317 g/mol. The molecule has 1 aromatic rings. The van der Waals surface area contributed by atoms with Crippen LogP contribution >= 0.6 is 0 Å². The second kappa shape index (κ2) is 8.34. The van der Waals surface area contributed by atoms with Crippen LogP contribution in [0.1, 0.15) is 31.7 Å². The smallest absolute Gasteiger partial charge is 0.220 e. The lowest BCUT2D eigenvalue weighted by atomic mass is 9.93. The average molecular weight is 317 g/mol. The Morgan fingerprint density at radius 1 is 1.26 bits per heavy atom. The van der Waals surface area contributed by atoms with Crippen LogP contribution in [0.15, 0.2) is 24.3 Å². The van der Waals surface area contributed by atoms with Crippen molar-refractivity contribution in [1.82, 2.24) is 10.2 Å². The normalized spacial score (nSPS) is 17.7. The standard InChI is InChI=1S/C19H31N3O/c1-15(13-16-5-7-18(8-6-16)21(2)3)20-19(23)14-17-9-11-22(4)12-10-17/h5-8,15,17H,9-14H2,1-4H3,(H,20,23)/t15-/m0/s1. The number of carbonyl (C=O) groups is 1. The molecule has 128 valence electrons. The van der Waals surface area contributed by atoms with Gasteiger partial charge in [-0.05, 0) is 69.9 Å². The van der Waals surface area contributed by atoms with Gasteiger partial charge in [0.1, 0.15) is 0 Å². The van der Waals surface area contributed by atoms with Crippen LogP contribution in [0.2, 0.25) is 0 Å². The van der Waals surface area contributed by atoms with Gasteiger partial charge in [-0.15, -0.1) is 0 Å². The van der Waals surface area contributed by atoms with Crippen molar-refractivity contribution in [3.63, 3.8) is 0 Å². The topological polar surface area (TPSA) is 35.6 Å². The van der Waals surface area contributed by atoms with E-state index < -0.39 is 0 Å². The highest BCUT2D eigenvalue weighted by molar-refractivity contribution is 5.76. The molecule has 0 saturated carbocycles. The van der Waals surface area contributed by atoms with Gasteiger partial charge in [-0.1, -0.05) is 12.1 Å². The molecule has 23 heavy (non-hydrogen) atoms. The molecule has 1 aromatic carbocycles. The predicted octanol–water partition coefficient (Wildman–Crippen LogP) is 2.53. The molecule has 1 atom stereocenters. The Hall–Kier alpha value is -1.55. The molecule has 1 fully saturated rings. The SMILES string of the molecule is C[C@@H](Cc1ccc(N(C)C)cc1)NC(=O)CC1CCN(C)CC1. The van der Waals surface area contributed by atoms with Crippen LogP contribution < -0.4 is 10.2 Å². The Labute approximate surface area is 140 Å². The molecule has 1 amide bonds. The number of rotatable bonds is 6. The zero-order chi connectivity index (χ0) is 16.8. The number of nitrogens with zero attached hydrogens (tertiary/aromatic N) is 2. The maximum Gasteiger partial charge on any atom is 0.220 e. The van der Waals surface area contributed by atoms with E-state index in [4.69, 9.17) is 0 Å². The highest BCUT2D eigenvalue weighted by atomic mass is 16.1. The van der Waals surface area contributed by atoms with Crippen molar-refractivity contribution in [2.24, 2.45) is 5.92 Å². The van der Waals surface area contributed by atoms with Gasteiger partial charge in [0.2, 0.25) is 5.91 Å². The molecule has 1 aliphatic heterocycles. The van der Waals surface area contributed by atoms with Crippen molar-refractivity contribution in [1.29, 1.82) is 0 Å². The molecule has 0 spiro atoms. The van der Waals surface area contributed by atoms with Gasteiger partial charge in [-0.25, -0.2) is 0 Å². The fourth-order valence-electron chi connectivity index (χ4n) is 3.20. The molecule has 0 radical (unpaired) electrons. The van der Waals surface area contributed by atoms with Gasteiger partial charge in [0.15, 0.2) is 0 Å². The third-order valence-electron chi connectivity index (χ3n) is 4.71. The quantitative estimate of drug-likeness (QED) is 0.876. The van der Waals surface area contributed by atoms with E-state index in [1.165, 1.54) is 11.3 Å². The lowest BCUT2D eigenvalue weighted by Crippen LogP contribution is -2.37. The van der Waals surface area contributed by atoms with Gasteiger partial charge < -0.3 is 15.1 Å². The Morgan fingerprint density at radius 3 is 2.43 bits per heavy atom. The lowest BCUT2D eigenvalue weighted by molar-refractivity contribution is -0.122.